The Balaban J connectivity index is 1.90. The van der Waals surface area contributed by atoms with Gasteiger partial charge in [0.05, 0.1) is 11.4 Å². The summed E-state index contributed by atoms with van der Waals surface area (Å²) < 4.78 is 27.6. The van der Waals surface area contributed by atoms with Gasteiger partial charge < -0.3 is 5.32 Å². The summed E-state index contributed by atoms with van der Waals surface area (Å²) in [4.78, 5) is 0. The molecule has 1 aliphatic heterocycles. The van der Waals surface area contributed by atoms with E-state index in [1.807, 2.05) is 0 Å². The van der Waals surface area contributed by atoms with Crippen LogP contribution in [0, 0.1) is 5.92 Å². The molecule has 2 fully saturated rings. The molecule has 0 bridgehead atoms. The molecule has 0 amide bonds. The molecule has 2 aliphatic rings. The van der Waals surface area contributed by atoms with Crippen LogP contribution in [0.15, 0.2) is 18.2 Å². The first kappa shape index (κ1) is 15.8. The Labute approximate surface area is 133 Å². The summed E-state index contributed by atoms with van der Waals surface area (Å²) >= 11 is 0. The molecule has 0 aromatic heterocycles. The SMILES string of the molecule is CCc1cccc(CC)c1NC1NS(=O)(=O)C2CCCCC12. The molecule has 22 heavy (non-hydrogen) atoms. The third-order valence-electron chi connectivity index (χ3n) is 5.17. The normalized spacial score (nSPS) is 30.0. The van der Waals surface area contributed by atoms with Crippen LogP contribution in [-0.2, 0) is 22.9 Å². The van der Waals surface area contributed by atoms with E-state index in [-0.39, 0.29) is 17.3 Å². The molecule has 1 saturated carbocycles. The van der Waals surface area contributed by atoms with Gasteiger partial charge in [-0.25, -0.2) is 8.42 Å². The van der Waals surface area contributed by atoms with E-state index in [1.54, 1.807) is 0 Å². The summed E-state index contributed by atoms with van der Waals surface area (Å²) in [6, 6.07) is 6.34. The van der Waals surface area contributed by atoms with Gasteiger partial charge in [-0.05, 0) is 36.8 Å². The Hall–Kier alpha value is -1.07. The molecule has 0 spiro atoms. The van der Waals surface area contributed by atoms with Gasteiger partial charge in [-0.2, -0.15) is 4.72 Å². The lowest BCUT2D eigenvalue weighted by atomic mass is 9.86. The van der Waals surface area contributed by atoms with Crippen LogP contribution >= 0.6 is 0 Å². The van der Waals surface area contributed by atoms with Gasteiger partial charge in [-0.1, -0.05) is 44.9 Å². The van der Waals surface area contributed by atoms with Gasteiger partial charge in [0.15, 0.2) is 0 Å². The minimum absolute atomic E-state index is 0.159. The lowest BCUT2D eigenvalue weighted by Crippen LogP contribution is -2.37. The zero-order valence-electron chi connectivity index (χ0n) is 13.4. The van der Waals surface area contributed by atoms with Crippen molar-refractivity contribution in [2.75, 3.05) is 5.32 Å². The van der Waals surface area contributed by atoms with Crippen molar-refractivity contribution < 1.29 is 8.42 Å². The highest BCUT2D eigenvalue weighted by Gasteiger charge is 2.47. The number of nitrogens with one attached hydrogen (secondary N) is 2. The van der Waals surface area contributed by atoms with E-state index in [9.17, 15) is 8.42 Å². The van der Waals surface area contributed by atoms with E-state index >= 15 is 0 Å². The van der Waals surface area contributed by atoms with Crippen LogP contribution in [0.2, 0.25) is 0 Å². The molecule has 1 aromatic rings. The third kappa shape index (κ3) is 2.76. The summed E-state index contributed by atoms with van der Waals surface area (Å²) in [7, 11) is -3.17. The highest BCUT2D eigenvalue weighted by Crippen LogP contribution is 2.37. The first-order valence-electron chi connectivity index (χ1n) is 8.45. The maximum Gasteiger partial charge on any atom is 0.216 e. The van der Waals surface area contributed by atoms with E-state index in [1.165, 1.54) is 11.1 Å². The van der Waals surface area contributed by atoms with Crippen molar-refractivity contribution in [3.05, 3.63) is 29.3 Å². The molecule has 1 aromatic carbocycles. The molecule has 1 saturated heterocycles. The van der Waals surface area contributed by atoms with Crippen LogP contribution in [0.4, 0.5) is 5.69 Å². The molecule has 3 unspecified atom stereocenters. The molecule has 2 N–H and O–H groups in total. The van der Waals surface area contributed by atoms with Crippen LogP contribution < -0.4 is 10.0 Å². The molecule has 5 heteroatoms. The second-order valence-corrected chi connectivity index (χ2v) is 8.36. The minimum atomic E-state index is -3.17. The Morgan fingerprint density at radius 3 is 2.41 bits per heavy atom. The molecular weight excluding hydrogens is 296 g/mol. The second kappa shape index (κ2) is 6.20. The number of aryl methyl sites for hydroxylation is 2. The molecule has 1 heterocycles. The number of sulfonamides is 1. The fourth-order valence-corrected chi connectivity index (χ4v) is 5.96. The Morgan fingerprint density at radius 2 is 1.77 bits per heavy atom. The topological polar surface area (TPSA) is 58.2 Å². The summed E-state index contributed by atoms with van der Waals surface area (Å²) in [5.74, 6) is 0.188. The van der Waals surface area contributed by atoms with E-state index in [4.69, 9.17) is 0 Å². The third-order valence-corrected chi connectivity index (χ3v) is 7.14. The van der Waals surface area contributed by atoms with E-state index in [0.29, 0.717) is 0 Å². The lowest BCUT2D eigenvalue weighted by molar-refractivity contribution is 0.342. The van der Waals surface area contributed by atoms with Crippen molar-refractivity contribution in [1.29, 1.82) is 0 Å². The van der Waals surface area contributed by atoms with Gasteiger partial charge in [0, 0.05) is 11.6 Å². The predicted octanol–water partition coefficient (Wildman–Crippen LogP) is 3.04. The first-order valence-corrected chi connectivity index (χ1v) is 10.00. The molecule has 1 aliphatic carbocycles. The highest BCUT2D eigenvalue weighted by atomic mass is 32.2. The fourth-order valence-electron chi connectivity index (χ4n) is 3.96. The molecule has 4 nitrogen and oxygen atoms in total. The number of anilines is 1. The Bertz CT molecular complexity index is 620. The Kier molecular flexibility index (Phi) is 4.46. The van der Waals surface area contributed by atoms with Crippen molar-refractivity contribution in [2.45, 2.75) is 63.8 Å². The largest absolute Gasteiger partial charge is 0.368 e. The fraction of sp³-hybridized carbons (Fsp3) is 0.647. The summed E-state index contributed by atoms with van der Waals surface area (Å²) in [6.07, 6.45) is 5.69. The monoisotopic (exact) mass is 322 g/mol. The zero-order chi connectivity index (χ0) is 15.7. The lowest BCUT2D eigenvalue weighted by Gasteiger charge is -2.28. The average Bonchev–Trinajstić information content (AvgIpc) is 2.79. The minimum Gasteiger partial charge on any atom is -0.368 e. The predicted molar refractivity (Wildman–Crippen MR) is 90.4 cm³/mol. The average molecular weight is 322 g/mol. The standard InChI is InChI=1S/C17H26N2O2S/c1-3-12-8-7-9-13(4-2)16(12)18-17-14-10-5-6-11-15(14)22(20,21)19-17/h7-9,14-15,17-19H,3-6,10-11H2,1-2H3. The number of fused-ring (bicyclic) bond motifs is 1. The summed E-state index contributed by atoms with van der Waals surface area (Å²) in [5.41, 5.74) is 3.65. The molecule has 3 rings (SSSR count). The van der Waals surface area contributed by atoms with Crippen LogP contribution in [0.25, 0.3) is 0 Å². The van der Waals surface area contributed by atoms with Gasteiger partial charge in [0.25, 0.3) is 0 Å². The number of para-hydroxylation sites is 1. The number of rotatable bonds is 4. The van der Waals surface area contributed by atoms with Crippen LogP contribution in [0.1, 0.15) is 50.7 Å². The molecule has 0 radical (unpaired) electrons. The quantitative estimate of drug-likeness (QED) is 0.896. The van der Waals surface area contributed by atoms with Crippen molar-refractivity contribution in [1.82, 2.24) is 4.72 Å². The van der Waals surface area contributed by atoms with Crippen LogP contribution in [-0.4, -0.2) is 19.8 Å². The number of benzene rings is 1. The van der Waals surface area contributed by atoms with E-state index in [2.05, 4.69) is 42.1 Å². The van der Waals surface area contributed by atoms with Crippen molar-refractivity contribution in [3.63, 3.8) is 0 Å². The maximum absolute atomic E-state index is 12.4. The van der Waals surface area contributed by atoms with E-state index < -0.39 is 10.0 Å². The second-order valence-electron chi connectivity index (χ2n) is 6.43. The number of hydrogen-bond donors (Lipinski definition) is 2. The van der Waals surface area contributed by atoms with Crippen molar-refractivity contribution >= 4 is 15.7 Å². The molecule has 122 valence electrons. The van der Waals surface area contributed by atoms with E-state index in [0.717, 1.165) is 44.2 Å². The van der Waals surface area contributed by atoms with Gasteiger partial charge >= 0.3 is 0 Å². The molecular formula is C17H26N2O2S. The van der Waals surface area contributed by atoms with Gasteiger partial charge in [0.2, 0.25) is 10.0 Å². The van der Waals surface area contributed by atoms with Crippen LogP contribution in [0.5, 0.6) is 0 Å². The van der Waals surface area contributed by atoms with Gasteiger partial charge in [-0.3, -0.25) is 0 Å². The van der Waals surface area contributed by atoms with Crippen molar-refractivity contribution in [3.8, 4) is 0 Å². The Morgan fingerprint density at radius 1 is 1.14 bits per heavy atom. The highest BCUT2D eigenvalue weighted by molar-refractivity contribution is 7.90. The van der Waals surface area contributed by atoms with Crippen LogP contribution in [0.3, 0.4) is 0 Å². The zero-order valence-corrected chi connectivity index (χ0v) is 14.2. The van der Waals surface area contributed by atoms with Gasteiger partial charge in [-0.15, -0.1) is 0 Å². The smallest absolute Gasteiger partial charge is 0.216 e. The maximum atomic E-state index is 12.4. The summed E-state index contributed by atoms with van der Waals surface area (Å²) in [6.45, 7) is 4.28. The first-order chi connectivity index (χ1) is 10.6. The summed E-state index contributed by atoms with van der Waals surface area (Å²) in [5, 5.41) is 3.33. The van der Waals surface area contributed by atoms with Gasteiger partial charge in [0.1, 0.15) is 0 Å². The number of hydrogen-bond acceptors (Lipinski definition) is 3. The van der Waals surface area contributed by atoms with Crippen molar-refractivity contribution in [2.24, 2.45) is 5.92 Å². The molecule has 3 atom stereocenters.